The quantitative estimate of drug-likeness (QED) is 0.324. The maximum atomic E-state index is 12.7. The van der Waals surface area contributed by atoms with Crippen LogP contribution in [-0.2, 0) is 0 Å². The lowest BCUT2D eigenvalue weighted by Crippen LogP contribution is -2.25. The third-order valence-corrected chi connectivity index (χ3v) is 5.55. The summed E-state index contributed by atoms with van der Waals surface area (Å²) >= 11 is 0. The molecule has 0 spiro atoms. The van der Waals surface area contributed by atoms with Crippen molar-refractivity contribution in [2.45, 2.75) is 0 Å². The smallest absolute Gasteiger partial charge is 0.312 e. The van der Waals surface area contributed by atoms with Crippen LogP contribution in [0.4, 0.5) is 11.4 Å². The number of para-hydroxylation sites is 1. The Hall–Kier alpha value is -4.71. The first-order valence-corrected chi connectivity index (χ1v) is 10.8. The van der Waals surface area contributed by atoms with Crippen LogP contribution in [0.1, 0.15) is 16.1 Å². The number of anilines is 1. The molecule has 4 aromatic carbocycles. The minimum atomic E-state index is -0.303. The third kappa shape index (κ3) is 4.17. The van der Waals surface area contributed by atoms with Crippen LogP contribution < -0.4 is 4.90 Å². The highest BCUT2D eigenvalue weighted by Crippen LogP contribution is 2.31. The molecule has 0 aliphatic heterocycles. The summed E-state index contributed by atoms with van der Waals surface area (Å²) in [6.45, 7) is 0. The fourth-order valence-corrected chi connectivity index (χ4v) is 3.72. The number of aliphatic imine (C=N–C) groups is 1. The molecule has 0 atom stereocenters. The molecule has 5 rings (SSSR count). The van der Waals surface area contributed by atoms with Crippen molar-refractivity contribution >= 4 is 34.3 Å². The molecule has 0 saturated heterocycles. The molecule has 6 heteroatoms. The van der Waals surface area contributed by atoms with Crippen molar-refractivity contribution in [3.8, 4) is 17.4 Å². The minimum absolute atomic E-state index is 0.115. The van der Waals surface area contributed by atoms with E-state index in [-0.39, 0.29) is 17.5 Å². The number of hydrogen-bond acceptors (Lipinski definition) is 5. The van der Waals surface area contributed by atoms with Crippen LogP contribution >= 0.6 is 0 Å². The second-order valence-corrected chi connectivity index (χ2v) is 7.74. The second-order valence-electron chi connectivity index (χ2n) is 7.74. The van der Waals surface area contributed by atoms with Crippen molar-refractivity contribution in [1.82, 2.24) is 4.98 Å². The van der Waals surface area contributed by atoms with E-state index in [4.69, 9.17) is 4.42 Å². The van der Waals surface area contributed by atoms with Crippen LogP contribution in [0.2, 0.25) is 0 Å². The zero-order chi connectivity index (χ0) is 23.5. The molecule has 6 nitrogen and oxygen atoms in total. The number of amides is 1. The topological polar surface area (TPSA) is 78.9 Å². The van der Waals surface area contributed by atoms with Gasteiger partial charge in [-0.15, -0.1) is 0 Å². The summed E-state index contributed by atoms with van der Waals surface area (Å²) < 4.78 is 5.52. The normalized spacial score (nSPS) is 11.2. The Bertz CT molecular complexity index is 1480. The van der Waals surface area contributed by atoms with E-state index in [1.165, 1.54) is 6.21 Å². The van der Waals surface area contributed by atoms with E-state index >= 15 is 0 Å². The van der Waals surface area contributed by atoms with E-state index < -0.39 is 0 Å². The summed E-state index contributed by atoms with van der Waals surface area (Å²) in [6, 6.07) is 30.1. The zero-order valence-corrected chi connectivity index (χ0v) is 18.4. The lowest BCUT2D eigenvalue weighted by atomic mass is 10.0. The maximum absolute atomic E-state index is 12.7. The Morgan fingerprint density at radius 2 is 1.62 bits per heavy atom. The van der Waals surface area contributed by atoms with Crippen molar-refractivity contribution in [3.05, 3.63) is 108 Å². The van der Waals surface area contributed by atoms with Gasteiger partial charge in [0.25, 0.3) is 5.91 Å². The Morgan fingerprint density at radius 1 is 0.912 bits per heavy atom. The van der Waals surface area contributed by atoms with Crippen LogP contribution in [0.25, 0.3) is 22.2 Å². The Labute approximate surface area is 196 Å². The lowest BCUT2D eigenvalue weighted by molar-refractivity contribution is 0.0993. The number of aromatic nitrogens is 1. The molecule has 5 aromatic rings. The number of carbonyl (C=O) groups excluding carboxylic acids is 1. The molecule has 1 N–H and O–H groups in total. The van der Waals surface area contributed by atoms with Crippen molar-refractivity contribution in [1.29, 1.82) is 0 Å². The fourth-order valence-electron chi connectivity index (χ4n) is 3.72. The number of oxazole rings is 1. The largest absolute Gasteiger partial charge is 0.479 e. The first kappa shape index (κ1) is 21.2. The molecule has 34 heavy (non-hydrogen) atoms. The number of aromatic hydroxyl groups is 1. The summed E-state index contributed by atoms with van der Waals surface area (Å²) in [4.78, 5) is 23.1. The molecule has 0 bridgehead atoms. The van der Waals surface area contributed by atoms with Gasteiger partial charge in [0.05, 0.1) is 11.9 Å². The van der Waals surface area contributed by atoms with E-state index in [0.29, 0.717) is 17.1 Å². The molecular formula is C28H21N3O3. The van der Waals surface area contributed by atoms with E-state index in [0.717, 1.165) is 22.0 Å². The number of fused-ring (bicyclic) bond motifs is 1. The number of nitrogens with zero attached hydrogens (tertiary/aromatic N) is 3. The maximum Gasteiger partial charge on any atom is 0.312 e. The van der Waals surface area contributed by atoms with Crippen LogP contribution in [0.5, 0.6) is 5.95 Å². The van der Waals surface area contributed by atoms with E-state index in [9.17, 15) is 9.90 Å². The SMILES string of the molecule is CN(C(=O)c1ccc(N=Cc2nc(-c3cccc4ccccc34)oc2O)cc1)c1ccccc1. The fraction of sp³-hybridized carbons (Fsp3) is 0.0357. The van der Waals surface area contributed by atoms with Crippen LogP contribution in [0, 0.1) is 0 Å². The third-order valence-electron chi connectivity index (χ3n) is 5.55. The van der Waals surface area contributed by atoms with Crippen LogP contribution in [0.3, 0.4) is 0 Å². The molecule has 1 amide bonds. The molecule has 0 radical (unpaired) electrons. The molecule has 1 aromatic heterocycles. The highest BCUT2D eigenvalue weighted by atomic mass is 16.5. The summed E-state index contributed by atoms with van der Waals surface area (Å²) in [6.07, 6.45) is 1.44. The average Bonchev–Trinajstić information content (AvgIpc) is 3.27. The van der Waals surface area contributed by atoms with Gasteiger partial charge >= 0.3 is 5.95 Å². The molecule has 0 aliphatic rings. The second kappa shape index (κ2) is 9.03. The van der Waals surface area contributed by atoms with Gasteiger partial charge in [0.15, 0.2) is 5.69 Å². The first-order valence-electron chi connectivity index (χ1n) is 10.8. The number of benzene rings is 4. The van der Waals surface area contributed by atoms with Gasteiger partial charge in [0.2, 0.25) is 5.89 Å². The van der Waals surface area contributed by atoms with Gasteiger partial charge in [-0.05, 0) is 53.2 Å². The van der Waals surface area contributed by atoms with Crippen molar-refractivity contribution in [2.75, 3.05) is 11.9 Å². The van der Waals surface area contributed by atoms with E-state index in [1.54, 1.807) is 36.2 Å². The average molecular weight is 447 g/mol. The predicted octanol–water partition coefficient (Wildman–Crippen LogP) is 6.23. The summed E-state index contributed by atoms with van der Waals surface area (Å²) in [7, 11) is 1.74. The Morgan fingerprint density at radius 3 is 2.41 bits per heavy atom. The highest BCUT2D eigenvalue weighted by molar-refractivity contribution is 6.05. The highest BCUT2D eigenvalue weighted by Gasteiger charge is 2.15. The Balaban J connectivity index is 1.35. The molecule has 166 valence electrons. The van der Waals surface area contributed by atoms with Gasteiger partial charge in [-0.3, -0.25) is 9.79 Å². The van der Waals surface area contributed by atoms with Crippen LogP contribution in [-0.4, -0.2) is 29.3 Å². The summed E-state index contributed by atoms with van der Waals surface area (Å²) in [5.41, 5.74) is 3.00. The van der Waals surface area contributed by atoms with Crippen LogP contribution in [0.15, 0.2) is 106 Å². The van der Waals surface area contributed by atoms with E-state index in [1.807, 2.05) is 72.8 Å². The van der Waals surface area contributed by atoms with Gasteiger partial charge in [-0.1, -0.05) is 54.6 Å². The number of hydrogen-bond donors (Lipinski definition) is 1. The predicted molar refractivity (Wildman–Crippen MR) is 134 cm³/mol. The van der Waals surface area contributed by atoms with Crippen molar-refractivity contribution < 1.29 is 14.3 Å². The van der Waals surface area contributed by atoms with E-state index in [2.05, 4.69) is 9.98 Å². The van der Waals surface area contributed by atoms with Gasteiger partial charge in [0, 0.05) is 23.9 Å². The summed E-state index contributed by atoms with van der Waals surface area (Å²) in [5.74, 6) is -0.0979. The van der Waals surface area contributed by atoms with Gasteiger partial charge in [-0.2, -0.15) is 0 Å². The monoisotopic (exact) mass is 447 g/mol. The standard InChI is InChI=1S/C28H21N3O3/c1-31(22-10-3-2-4-11-22)27(32)20-14-16-21(17-15-20)29-18-25-28(33)34-26(30-25)24-13-7-9-19-8-5-6-12-23(19)24/h2-18,33H,1H3. The van der Waals surface area contributed by atoms with Crippen molar-refractivity contribution in [3.63, 3.8) is 0 Å². The Kier molecular flexibility index (Phi) is 5.62. The molecule has 1 heterocycles. The molecular weight excluding hydrogens is 426 g/mol. The zero-order valence-electron chi connectivity index (χ0n) is 18.4. The van der Waals surface area contributed by atoms with Crippen molar-refractivity contribution in [2.24, 2.45) is 4.99 Å². The number of rotatable bonds is 5. The number of carbonyl (C=O) groups is 1. The minimum Gasteiger partial charge on any atom is -0.479 e. The van der Waals surface area contributed by atoms with Gasteiger partial charge in [0.1, 0.15) is 0 Å². The first-order chi connectivity index (χ1) is 16.6. The van der Waals surface area contributed by atoms with Gasteiger partial charge < -0.3 is 14.4 Å². The molecule has 0 unspecified atom stereocenters. The molecule has 0 aliphatic carbocycles. The lowest BCUT2D eigenvalue weighted by Gasteiger charge is -2.17. The van der Waals surface area contributed by atoms with Gasteiger partial charge in [-0.25, -0.2) is 4.98 Å². The summed E-state index contributed by atoms with van der Waals surface area (Å²) in [5, 5.41) is 12.3. The molecule has 0 saturated carbocycles. The molecule has 0 fully saturated rings.